The van der Waals surface area contributed by atoms with Gasteiger partial charge in [-0.2, -0.15) is 0 Å². The second kappa shape index (κ2) is 10.0. The van der Waals surface area contributed by atoms with E-state index in [1.54, 1.807) is 20.8 Å². The van der Waals surface area contributed by atoms with Crippen molar-refractivity contribution in [2.75, 3.05) is 6.54 Å². The number of carboxylic acids is 1. The fourth-order valence-corrected chi connectivity index (χ4v) is 1.01. The number of nitrogens with zero attached hydrogens (tertiary/aromatic N) is 1. The number of esters is 1. The van der Waals surface area contributed by atoms with Gasteiger partial charge in [0.15, 0.2) is 5.96 Å². The highest BCUT2D eigenvalue weighted by atomic mass is 16.6. The summed E-state index contributed by atoms with van der Waals surface area (Å²) in [5.41, 5.74) is 15.5. The van der Waals surface area contributed by atoms with Gasteiger partial charge in [-0.05, 0) is 33.6 Å². The monoisotopic (exact) mass is 290 g/mol. The maximum Gasteiger partial charge on any atom is 0.323 e. The zero-order chi connectivity index (χ0) is 16.3. The lowest BCUT2D eigenvalue weighted by Gasteiger charge is -2.22. The summed E-state index contributed by atoms with van der Waals surface area (Å²) < 4.78 is 5.13. The molecule has 8 nitrogen and oxygen atoms in total. The summed E-state index contributed by atoms with van der Waals surface area (Å²) in [4.78, 5) is 24.2. The van der Waals surface area contributed by atoms with Crippen molar-refractivity contribution in [1.29, 1.82) is 0 Å². The standard InChI is InChI=1S/C10H22N4O2.C2H4O2/c1-10(2,3)16-8(15)7(11)5-4-6-14-9(12)13;1-2(3)4/h7H,4-6,11H2,1-3H3,(H4,12,13,14);1H3,(H,3,4)/t7-;/m0./s1. The Kier molecular flexibility index (Phi) is 10.3. The van der Waals surface area contributed by atoms with E-state index in [0.29, 0.717) is 19.4 Å². The van der Waals surface area contributed by atoms with E-state index in [-0.39, 0.29) is 5.96 Å². The Morgan fingerprint density at radius 1 is 1.30 bits per heavy atom. The lowest BCUT2D eigenvalue weighted by molar-refractivity contribution is -0.156. The van der Waals surface area contributed by atoms with Crippen molar-refractivity contribution in [2.24, 2.45) is 22.2 Å². The van der Waals surface area contributed by atoms with E-state index in [1.807, 2.05) is 0 Å². The third kappa shape index (κ3) is 18.5. The van der Waals surface area contributed by atoms with Crippen molar-refractivity contribution >= 4 is 17.9 Å². The molecule has 118 valence electrons. The Morgan fingerprint density at radius 2 is 1.75 bits per heavy atom. The first-order chi connectivity index (χ1) is 8.95. The summed E-state index contributed by atoms with van der Waals surface area (Å²) in [6.07, 6.45) is 1.16. The van der Waals surface area contributed by atoms with Crippen LogP contribution in [-0.4, -0.2) is 41.2 Å². The van der Waals surface area contributed by atoms with Crippen LogP contribution in [0, 0.1) is 0 Å². The summed E-state index contributed by atoms with van der Waals surface area (Å²) in [5.74, 6) is -1.18. The fourth-order valence-electron chi connectivity index (χ4n) is 1.01. The minimum atomic E-state index is -0.833. The van der Waals surface area contributed by atoms with Crippen molar-refractivity contribution in [1.82, 2.24) is 0 Å². The zero-order valence-electron chi connectivity index (χ0n) is 12.5. The maximum atomic E-state index is 11.5. The highest BCUT2D eigenvalue weighted by molar-refractivity contribution is 5.76. The summed E-state index contributed by atoms with van der Waals surface area (Å²) in [6, 6.07) is -0.617. The average molecular weight is 290 g/mol. The molecule has 0 unspecified atom stereocenters. The van der Waals surface area contributed by atoms with Crippen molar-refractivity contribution < 1.29 is 19.4 Å². The van der Waals surface area contributed by atoms with Gasteiger partial charge < -0.3 is 27.0 Å². The molecule has 0 saturated heterocycles. The number of guanidine groups is 1. The summed E-state index contributed by atoms with van der Waals surface area (Å²) in [5, 5.41) is 7.42. The molecule has 0 rings (SSSR count). The second-order valence-electron chi connectivity index (χ2n) is 5.11. The van der Waals surface area contributed by atoms with Gasteiger partial charge in [-0.25, -0.2) is 0 Å². The lowest BCUT2D eigenvalue weighted by atomic mass is 10.1. The van der Waals surface area contributed by atoms with Crippen LogP contribution >= 0.6 is 0 Å². The largest absolute Gasteiger partial charge is 0.481 e. The van der Waals surface area contributed by atoms with E-state index in [1.165, 1.54) is 0 Å². The van der Waals surface area contributed by atoms with Crippen LogP contribution in [0.1, 0.15) is 40.5 Å². The average Bonchev–Trinajstić information content (AvgIpc) is 2.20. The van der Waals surface area contributed by atoms with Crippen LogP contribution in [0.4, 0.5) is 0 Å². The minimum Gasteiger partial charge on any atom is -0.481 e. The van der Waals surface area contributed by atoms with E-state index >= 15 is 0 Å². The van der Waals surface area contributed by atoms with Crippen LogP contribution in [-0.2, 0) is 14.3 Å². The smallest absolute Gasteiger partial charge is 0.323 e. The van der Waals surface area contributed by atoms with Gasteiger partial charge in [0.05, 0.1) is 0 Å². The van der Waals surface area contributed by atoms with Gasteiger partial charge in [0.1, 0.15) is 11.6 Å². The van der Waals surface area contributed by atoms with Gasteiger partial charge in [0.25, 0.3) is 5.97 Å². The molecule has 0 saturated carbocycles. The maximum absolute atomic E-state index is 11.5. The van der Waals surface area contributed by atoms with Gasteiger partial charge in [-0.1, -0.05) is 0 Å². The molecule has 0 aliphatic carbocycles. The van der Waals surface area contributed by atoms with Crippen LogP contribution < -0.4 is 17.2 Å². The minimum absolute atomic E-state index is 0.0471. The number of hydrogen-bond donors (Lipinski definition) is 4. The molecule has 7 N–H and O–H groups in total. The quantitative estimate of drug-likeness (QED) is 0.236. The fraction of sp³-hybridized carbons (Fsp3) is 0.750. The Hall–Kier alpha value is -1.83. The summed E-state index contributed by atoms with van der Waals surface area (Å²) in [7, 11) is 0. The SMILES string of the molecule is CC(=O)O.CC(C)(C)OC(=O)[C@@H](N)CCCN=C(N)N. The Labute approximate surface area is 119 Å². The first kappa shape index (κ1) is 20.5. The van der Waals surface area contributed by atoms with Crippen LogP contribution in [0.2, 0.25) is 0 Å². The van der Waals surface area contributed by atoms with Crippen LogP contribution in [0.3, 0.4) is 0 Å². The van der Waals surface area contributed by atoms with Gasteiger partial charge in [-0.15, -0.1) is 0 Å². The molecule has 0 spiro atoms. The number of carboxylic acid groups (broad SMARTS) is 1. The molecule has 1 atom stereocenters. The first-order valence-electron chi connectivity index (χ1n) is 6.19. The summed E-state index contributed by atoms with van der Waals surface area (Å²) in [6.45, 7) is 6.96. The Balaban J connectivity index is 0. The molecule has 0 aliphatic heterocycles. The third-order valence-electron chi connectivity index (χ3n) is 1.68. The van der Waals surface area contributed by atoms with E-state index in [4.69, 9.17) is 31.8 Å². The molecule has 0 heterocycles. The molecule has 0 radical (unpaired) electrons. The lowest BCUT2D eigenvalue weighted by Crippen LogP contribution is -2.37. The van der Waals surface area contributed by atoms with Crippen molar-refractivity contribution in [3.05, 3.63) is 0 Å². The first-order valence-corrected chi connectivity index (χ1v) is 6.19. The number of ether oxygens (including phenoxy) is 1. The molecule has 8 heteroatoms. The zero-order valence-corrected chi connectivity index (χ0v) is 12.5. The molecule has 0 aromatic rings. The molecule has 0 bridgehead atoms. The number of aliphatic carboxylic acids is 1. The number of carbonyl (C=O) groups excluding carboxylic acids is 1. The number of nitrogens with two attached hydrogens (primary N) is 3. The molecular formula is C12H26N4O4. The van der Waals surface area contributed by atoms with Gasteiger partial charge in [-0.3, -0.25) is 14.6 Å². The molecule has 0 aliphatic rings. The number of hydrogen-bond acceptors (Lipinski definition) is 5. The van der Waals surface area contributed by atoms with Gasteiger partial charge in [0, 0.05) is 13.5 Å². The number of rotatable bonds is 5. The number of carbonyl (C=O) groups is 2. The second-order valence-corrected chi connectivity index (χ2v) is 5.11. The Bertz CT molecular complexity index is 329. The highest BCUT2D eigenvalue weighted by Gasteiger charge is 2.21. The Morgan fingerprint density at radius 3 is 2.10 bits per heavy atom. The molecule has 0 aromatic carbocycles. The topological polar surface area (TPSA) is 154 Å². The van der Waals surface area contributed by atoms with Crippen LogP contribution in [0.25, 0.3) is 0 Å². The van der Waals surface area contributed by atoms with E-state index < -0.39 is 23.6 Å². The van der Waals surface area contributed by atoms with E-state index in [2.05, 4.69) is 4.99 Å². The normalized spacial score (nSPS) is 11.7. The molecule has 0 aromatic heterocycles. The van der Waals surface area contributed by atoms with Gasteiger partial charge >= 0.3 is 5.97 Å². The predicted octanol–water partition coefficient (Wildman–Crippen LogP) is -0.200. The highest BCUT2D eigenvalue weighted by Crippen LogP contribution is 2.09. The molecule has 0 fully saturated rings. The molecular weight excluding hydrogens is 264 g/mol. The van der Waals surface area contributed by atoms with Crippen molar-refractivity contribution in [3.8, 4) is 0 Å². The molecule has 0 amide bonds. The predicted molar refractivity (Wildman–Crippen MR) is 77.0 cm³/mol. The van der Waals surface area contributed by atoms with Gasteiger partial charge in [0.2, 0.25) is 0 Å². The van der Waals surface area contributed by atoms with Crippen molar-refractivity contribution in [3.63, 3.8) is 0 Å². The van der Waals surface area contributed by atoms with Crippen LogP contribution in [0.15, 0.2) is 4.99 Å². The number of aliphatic imine (C=N–C) groups is 1. The van der Waals surface area contributed by atoms with E-state index in [0.717, 1.165) is 6.92 Å². The van der Waals surface area contributed by atoms with Crippen molar-refractivity contribution in [2.45, 2.75) is 52.2 Å². The molecule has 20 heavy (non-hydrogen) atoms. The summed E-state index contributed by atoms with van der Waals surface area (Å²) >= 11 is 0. The van der Waals surface area contributed by atoms with Crippen LogP contribution in [0.5, 0.6) is 0 Å². The van der Waals surface area contributed by atoms with E-state index in [9.17, 15) is 4.79 Å². The third-order valence-corrected chi connectivity index (χ3v) is 1.68.